The molecule has 3 aliphatic heterocycles. The Morgan fingerprint density at radius 2 is 1.67 bits per heavy atom. The third kappa shape index (κ3) is 4.98. The molecule has 3 saturated heterocycles. The summed E-state index contributed by atoms with van der Waals surface area (Å²) in [7, 11) is 0. The molecule has 3 heterocycles. The number of ether oxygens (including phenoxy) is 2. The van der Waals surface area contributed by atoms with Crippen molar-refractivity contribution < 1.29 is 23.9 Å². The first kappa shape index (κ1) is 24.7. The molecule has 2 aromatic rings. The summed E-state index contributed by atoms with van der Waals surface area (Å²) in [5.74, 6) is -0.583. The van der Waals surface area contributed by atoms with Gasteiger partial charge < -0.3 is 19.7 Å². The summed E-state index contributed by atoms with van der Waals surface area (Å²) in [6.07, 6.45) is 2.74. The minimum atomic E-state index is -0.949. The maximum Gasteiger partial charge on any atom is 0.256 e. The number of amides is 3. The van der Waals surface area contributed by atoms with E-state index in [1.165, 1.54) is 0 Å². The van der Waals surface area contributed by atoms with Gasteiger partial charge in [0.05, 0.1) is 12.7 Å². The van der Waals surface area contributed by atoms with Crippen molar-refractivity contribution in [3.8, 4) is 0 Å². The number of halogens is 1. The number of carbonyl (C=O) groups is 3. The van der Waals surface area contributed by atoms with Crippen molar-refractivity contribution in [3.05, 3.63) is 70.7 Å². The van der Waals surface area contributed by atoms with Gasteiger partial charge in [-0.05, 0) is 49.2 Å². The van der Waals surface area contributed by atoms with E-state index in [0.717, 1.165) is 12.8 Å². The minimum absolute atomic E-state index is 0.00521. The number of rotatable bonds is 5. The second-order valence-corrected chi connectivity index (χ2v) is 9.93. The Hall–Kier alpha value is -2.94. The van der Waals surface area contributed by atoms with E-state index in [9.17, 15) is 14.4 Å². The van der Waals surface area contributed by atoms with Crippen molar-refractivity contribution in [2.24, 2.45) is 0 Å². The van der Waals surface area contributed by atoms with Gasteiger partial charge in [0.25, 0.3) is 11.8 Å². The van der Waals surface area contributed by atoms with Crippen molar-refractivity contribution in [2.45, 2.75) is 43.6 Å². The molecule has 0 bridgehead atoms. The van der Waals surface area contributed by atoms with Gasteiger partial charge in [-0.1, -0.05) is 29.8 Å². The van der Waals surface area contributed by atoms with E-state index in [2.05, 4.69) is 5.32 Å². The lowest BCUT2D eigenvalue weighted by Crippen LogP contribution is -2.60. The van der Waals surface area contributed by atoms with Crippen LogP contribution in [0, 0.1) is 0 Å². The highest BCUT2D eigenvalue weighted by Gasteiger charge is 2.54. The quantitative estimate of drug-likeness (QED) is 0.666. The molecule has 0 radical (unpaired) electrons. The number of carbonyl (C=O) groups excluding carboxylic acids is 3. The van der Waals surface area contributed by atoms with Crippen LogP contribution < -0.4 is 5.32 Å². The van der Waals surface area contributed by atoms with Crippen LogP contribution in [0.25, 0.3) is 0 Å². The highest BCUT2D eigenvalue weighted by Crippen LogP contribution is 2.39. The molecule has 0 aliphatic carbocycles. The molecule has 2 unspecified atom stereocenters. The maximum absolute atomic E-state index is 13.7. The molecule has 36 heavy (non-hydrogen) atoms. The van der Waals surface area contributed by atoms with Gasteiger partial charge in [-0.2, -0.15) is 0 Å². The number of nitrogens with zero attached hydrogens (tertiary/aromatic N) is 2. The van der Waals surface area contributed by atoms with E-state index in [-0.39, 0.29) is 30.4 Å². The van der Waals surface area contributed by atoms with Gasteiger partial charge >= 0.3 is 0 Å². The van der Waals surface area contributed by atoms with Crippen LogP contribution >= 0.6 is 11.6 Å². The molecule has 1 N–H and O–H groups in total. The maximum atomic E-state index is 13.7. The lowest BCUT2D eigenvalue weighted by Gasteiger charge is -2.44. The molecule has 9 heteroatoms. The topological polar surface area (TPSA) is 88.2 Å². The third-order valence-electron chi connectivity index (χ3n) is 7.25. The fraction of sp³-hybridized carbons (Fsp3) is 0.444. The van der Waals surface area contributed by atoms with Gasteiger partial charge in [0.1, 0.15) is 11.8 Å². The highest BCUT2D eigenvalue weighted by molar-refractivity contribution is 6.30. The predicted molar refractivity (Wildman–Crippen MR) is 134 cm³/mol. The Kier molecular flexibility index (Phi) is 7.27. The van der Waals surface area contributed by atoms with Gasteiger partial charge in [-0.25, -0.2) is 0 Å². The second-order valence-electron chi connectivity index (χ2n) is 9.49. The molecule has 1 spiro atoms. The smallest absolute Gasteiger partial charge is 0.256 e. The lowest BCUT2D eigenvalue weighted by molar-refractivity contribution is -0.128. The molecule has 5 rings (SSSR count). The summed E-state index contributed by atoms with van der Waals surface area (Å²) in [5, 5.41) is 3.54. The fourth-order valence-corrected chi connectivity index (χ4v) is 5.38. The Morgan fingerprint density at radius 1 is 0.972 bits per heavy atom. The van der Waals surface area contributed by atoms with E-state index in [1.807, 2.05) is 6.07 Å². The van der Waals surface area contributed by atoms with E-state index < -0.39 is 11.8 Å². The Morgan fingerprint density at radius 3 is 2.33 bits per heavy atom. The number of nitrogens with one attached hydrogen (secondary N) is 1. The first-order chi connectivity index (χ1) is 17.5. The molecule has 2 aromatic carbocycles. The molecule has 0 aromatic heterocycles. The summed E-state index contributed by atoms with van der Waals surface area (Å²) >= 11 is 5.96. The van der Waals surface area contributed by atoms with Crippen molar-refractivity contribution in [1.82, 2.24) is 15.1 Å². The zero-order valence-electron chi connectivity index (χ0n) is 20.0. The SMILES string of the molecule is O=C(NCC1CCCO1)C1COC2(CCN(C(=O)c3ccc(Cl)cc3)CC2)N1C(=O)c1ccccc1. The Balaban J connectivity index is 1.33. The van der Waals surface area contributed by atoms with Crippen molar-refractivity contribution in [2.75, 3.05) is 32.8 Å². The average molecular weight is 512 g/mol. The summed E-state index contributed by atoms with van der Waals surface area (Å²) in [5.41, 5.74) is 0.112. The number of hydrogen-bond acceptors (Lipinski definition) is 5. The summed E-state index contributed by atoms with van der Waals surface area (Å²) < 4.78 is 11.9. The van der Waals surface area contributed by atoms with Crippen molar-refractivity contribution in [3.63, 3.8) is 0 Å². The summed E-state index contributed by atoms with van der Waals surface area (Å²) in [4.78, 5) is 43.3. The zero-order valence-corrected chi connectivity index (χ0v) is 20.8. The third-order valence-corrected chi connectivity index (χ3v) is 7.51. The van der Waals surface area contributed by atoms with E-state index in [1.54, 1.807) is 58.3 Å². The molecular weight excluding hydrogens is 482 g/mol. The number of piperidine rings is 1. The number of benzene rings is 2. The van der Waals surface area contributed by atoms with Gasteiger partial charge in [0.2, 0.25) is 5.91 Å². The van der Waals surface area contributed by atoms with Crippen molar-refractivity contribution >= 4 is 29.3 Å². The van der Waals surface area contributed by atoms with E-state index in [4.69, 9.17) is 21.1 Å². The normalized spacial score (nSPS) is 23.1. The lowest BCUT2D eigenvalue weighted by atomic mass is 9.96. The molecule has 3 aliphatic rings. The second kappa shape index (κ2) is 10.6. The first-order valence-electron chi connectivity index (χ1n) is 12.4. The van der Waals surface area contributed by atoms with Crippen LogP contribution in [-0.2, 0) is 14.3 Å². The number of likely N-dealkylation sites (tertiary alicyclic amines) is 1. The van der Waals surface area contributed by atoms with Gasteiger partial charge in [-0.3, -0.25) is 19.3 Å². The monoisotopic (exact) mass is 511 g/mol. The van der Waals surface area contributed by atoms with E-state index in [0.29, 0.717) is 55.2 Å². The molecule has 190 valence electrons. The largest absolute Gasteiger partial charge is 0.376 e. The number of hydrogen-bond donors (Lipinski definition) is 1. The zero-order chi connectivity index (χ0) is 25.1. The van der Waals surface area contributed by atoms with Crippen LogP contribution in [-0.4, -0.2) is 78.2 Å². The molecule has 8 nitrogen and oxygen atoms in total. The molecule has 0 saturated carbocycles. The summed E-state index contributed by atoms with van der Waals surface area (Å²) in [6, 6.07) is 15.0. The predicted octanol–water partition coefficient (Wildman–Crippen LogP) is 3.11. The van der Waals surface area contributed by atoms with Gasteiger partial charge in [-0.15, -0.1) is 0 Å². The Labute approximate surface area is 215 Å². The van der Waals surface area contributed by atoms with Crippen LogP contribution in [0.5, 0.6) is 0 Å². The van der Waals surface area contributed by atoms with Crippen LogP contribution in [0.3, 0.4) is 0 Å². The highest BCUT2D eigenvalue weighted by atomic mass is 35.5. The van der Waals surface area contributed by atoms with Crippen LogP contribution in [0.4, 0.5) is 0 Å². The minimum Gasteiger partial charge on any atom is -0.376 e. The molecule has 2 atom stereocenters. The molecule has 3 fully saturated rings. The van der Waals surface area contributed by atoms with Crippen molar-refractivity contribution in [1.29, 1.82) is 0 Å². The van der Waals surface area contributed by atoms with Crippen LogP contribution in [0.1, 0.15) is 46.4 Å². The van der Waals surface area contributed by atoms with Gasteiger partial charge in [0.15, 0.2) is 0 Å². The summed E-state index contributed by atoms with van der Waals surface area (Å²) in [6.45, 7) is 2.05. The fourth-order valence-electron chi connectivity index (χ4n) is 5.26. The van der Waals surface area contributed by atoms with Crippen LogP contribution in [0.15, 0.2) is 54.6 Å². The molecule has 3 amide bonds. The Bertz CT molecular complexity index is 1100. The van der Waals surface area contributed by atoms with E-state index >= 15 is 0 Å². The van der Waals surface area contributed by atoms with Gasteiger partial charge in [0, 0.05) is 55.2 Å². The van der Waals surface area contributed by atoms with Crippen LogP contribution in [0.2, 0.25) is 5.02 Å². The average Bonchev–Trinajstić information content (AvgIpc) is 3.56. The molecular formula is C27H30ClN3O5. The first-order valence-corrected chi connectivity index (χ1v) is 12.8. The standard InChI is InChI=1S/C27H30ClN3O5/c28-21-10-8-20(9-11-21)25(33)30-14-12-27(13-15-30)31(26(34)19-5-2-1-3-6-19)23(18-36-27)24(32)29-17-22-7-4-16-35-22/h1-3,5-6,8-11,22-23H,4,7,12-18H2,(H,29,32).